The molecule has 0 aromatic heterocycles. The zero-order chi connectivity index (χ0) is 48.2. The molecular weight excluding hydrogens is 869 g/mol. The van der Waals surface area contributed by atoms with E-state index < -0.39 is 10.8 Å². The topological polar surface area (TPSA) is 6.48 Å². The van der Waals surface area contributed by atoms with Gasteiger partial charge in [-0.05, 0) is 178 Å². The van der Waals surface area contributed by atoms with Gasteiger partial charge in [-0.3, -0.25) is 0 Å². The predicted octanol–water partition coefficient (Wildman–Crippen LogP) is 18.2. The van der Waals surface area contributed by atoms with Gasteiger partial charge >= 0.3 is 0 Å². The molecule has 0 amide bonds. The summed E-state index contributed by atoms with van der Waals surface area (Å²) in [6, 6.07) is 95.0. The van der Waals surface area contributed by atoms with Gasteiger partial charge in [0.1, 0.15) is 0 Å². The number of allylic oxidation sites excluding steroid dienone is 4. The third kappa shape index (κ3) is 6.85. The van der Waals surface area contributed by atoms with Gasteiger partial charge < -0.3 is 9.80 Å². The molecule has 14 rings (SSSR count). The van der Waals surface area contributed by atoms with Crippen molar-refractivity contribution in [2.75, 3.05) is 9.80 Å². The maximum absolute atomic E-state index is 2.56. The molecule has 4 aliphatic rings. The van der Waals surface area contributed by atoms with Crippen molar-refractivity contribution in [3.8, 4) is 22.3 Å². The van der Waals surface area contributed by atoms with E-state index >= 15 is 0 Å². The van der Waals surface area contributed by atoms with E-state index in [1.165, 1.54) is 77.9 Å². The zero-order valence-electron chi connectivity index (χ0n) is 40.7. The summed E-state index contributed by atoms with van der Waals surface area (Å²) in [6.45, 7) is 4.40. The fourth-order valence-electron chi connectivity index (χ4n) is 12.6. The monoisotopic (exact) mass is 922 g/mol. The summed E-state index contributed by atoms with van der Waals surface area (Å²) in [5, 5.41) is 0. The van der Waals surface area contributed by atoms with Gasteiger partial charge in [0.25, 0.3) is 0 Å². The van der Waals surface area contributed by atoms with Crippen molar-refractivity contribution in [1.82, 2.24) is 0 Å². The molecule has 2 heteroatoms. The molecule has 0 N–H and O–H groups in total. The van der Waals surface area contributed by atoms with Gasteiger partial charge in [0.15, 0.2) is 0 Å². The molecule has 10 aromatic carbocycles. The Morgan fingerprint density at radius 1 is 0.319 bits per heavy atom. The van der Waals surface area contributed by atoms with Crippen molar-refractivity contribution in [2.45, 2.75) is 37.5 Å². The molecule has 0 saturated carbocycles. The number of nitrogens with zero attached hydrogens (tertiary/aromatic N) is 2. The van der Waals surface area contributed by atoms with E-state index in [1.54, 1.807) is 0 Å². The molecule has 72 heavy (non-hydrogen) atoms. The predicted molar refractivity (Wildman–Crippen MR) is 301 cm³/mol. The Kier molecular flexibility index (Phi) is 10.6. The molecule has 0 radical (unpaired) electrons. The first-order valence-corrected chi connectivity index (χ1v) is 25.4. The first kappa shape index (κ1) is 43.3. The molecule has 0 heterocycles. The van der Waals surface area contributed by atoms with E-state index in [0.717, 1.165) is 47.0 Å². The fourth-order valence-corrected chi connectivity index (χ4v) is 12.6. The Morgan fingerprint density at radius 3 is 1.12 bits per heavy atom. The lowest BCUT2D eigenvalue weighted by Crippen LogP contribution is -2.52. The largest absolute Gasteiger partial charge is 0.311 e. The number of hydrogen-bond donors (Lipinski definition) is 0. The smallest absolute Gasteiger partial charge is 0.0708 e. The average molecular weight is 923 g/mol. The second kappa shape index (κ2) is 17.6. The van der Waals surface area contributed by atoms with Gasteiger partial charge in [0.2, 0.25) is 0 Å². The van der Waals surface area contributed by atoms with Crippen LogP contribution >= 0.6 is 0 Å². The molecule has 2 bridgehead atoms. The number of anilines is 6. The molecule has 2 atom stereocenters. The van der Waals surface area contributed by atoms with Crippen LogP contribution in [-0.2, 0) is 10.8 Å². The van der Waals surface area contributed by atoms with Crippen LogP contribution in [0, 0.1) is 13.8 Å². The molecule has 4 aliphatic carbocycles. The van der Waals surface area contributed by atoms with E-state index in [0.29, 0.717) is 0 Å². The van der Waals surface area contributed by atoms with E-state index in [9.17, 15) is 0 Å². The molecule has 2 nitrogen and oxygen atoms in total. The lowest BCUT2D eigenvalue weighted by molar-refractivity contribution is 0.526. The Bertz CT molecular complexity index is 3610. The number of hydrogen-bond acceptors (Lipinski definition) is 2. The van der Waals surface area contributed by atoms with Crippen molar-refractivity contribution < 1.29 is 0 Å². The third-order valence-electron chi connectivity index (χ3n) is 15.6. The second-order valence-corrected chi connectivity index (χ2v) is 19.7. The van der Waals surface area contributed by atoms with Crippen LogP contribution in [0.25, 0.3) is 22.3 Å². The van der Waals surface area contributed by atoms with Gasteiger partial charge in [-0.1, -0.05) is 193 Å². The van der Waals surface area contributed by atoms with Crippen LogP contribution in [0.1, 0.15) is 57.3 Å². The van der Waals surface area contributed by atoms with Crippen LogP contribution in [0.5, 0.6) is 0 Å². The highest BCUT2D eigenvalue weighted by atomic mass is 15.1. The van der Waals surface area contributed by atoms with Crippen molar-refractivity contribution in [3.05, 3.63) is 323 Å². The van der Waals surface area contributed by atoms with Gasteiger partial charge in [-0.15, -0.1) is 0 Å². The SMILES string of the molecule is Cc1cccc(-c2ccc3c(c2)C2(c4ccc(N(c5ccccc5)c5ccccc5)cc4)C4=C(CCC=C4)C3(c3ccc(N(c4ccccc4)c4ccccc4)cc3)c3cc(-c4cccc(C)c4)ccc32)c1. The summed E-state index contributed by atoms with van der Waals surface area (Å²) in [7, 11) is 0. The summed E-state index contributed by atoms with van der Waals surface area (Å²) < 4.78 is 0. The average Bonchev–Trinajstić information content (AvgIpc) is 3.44. The van der Waals surface area contributed by atoms with Gasteiger partial charge in [0.05, 0.1) is 10.8 Å². The maximum Gasteiger partial charge on any atom is 0.0708 e. The molecule has 0 spiro atoms. The van der Waals surface area contributed by atoms with Crippen LogP contribution in [0.4, 0.5) is 34.1 Å². The van der Waals surface area contributed by atoms with Gasteiger partial charge in [-0.25, -0.2) is 0 Å². The lowest BCUT2D eigenvalue weighted by Gasteiger charge is -2.58. The molecule has 10 aromatic rings. The maximum atomic E-state index is 2.56. The highest BCUT2D eigenvalue weighted by Crippen LogP contribution is 2.68. The summed E-state index contributed by atoms with van der Waals surface area (Å²) >= 11 is 0. The molecule has 0 saturated heterocycles. The Hall–Kier alpha value is -8.72. The first-order chi connectivity index (χ1) is 35.5. The highest BCUT2D eigenvalue weighted by Gasteiger charge is 2.61. The van der Waals surface area contributed by atoms with Crippen LogP contribution in [0.2, 0.25) is 0 Å². The Morgan fingerprint density at radius 2 is 0.694 bits per heavy atom. The molecular formula is C70H54N2. The summed E-state index contributed by atoms with van der Waals surface area (Å²) in [4.78, 5) is 4.74. The highest BCUT2D eigenvalue weighted by molar-refractivity contribution is 5.87. The van der Waals surface area contributed by atoms with Crippen LogP contribution < -0.4 is 9.80 Å². The Labute approximate surface area is 424 Å². The summed E-state index contributed by atoms with van der Waals surface area (Å²) in [5.74, 6) is 0. The molecule has 0 aliphatic heterocycles. The van der Waals surface area contributed by atoms with E-state index in [4.69, 9.17) is 0 Å². The number of benzene rings is 10. The minimum absolute atomic E-state index is 0.572. The molecule has 2 unspecified atom stereocenters. The van der Waals surface area contributed by atoms with Crippen molar-refractivity contribution in [2.24, 2.45) is 0 Å². The van der Waals surface area contributed by atoms with Gasteiger partial charge in [-0.2, -0.15) is 0 Å². The molecule has 344 valence electrons. The van der Waals surface area contributed by atoms with Crippen molar-refractivity contribution in [3.63, 3.8) is 0 Å². The number of para-hydroxylation sites is 4. The molecule has 0 fully saturated rings. The zero-order valence-corrected chi connectivity index (χ0v) is 40.7. The van der Waals surface area contributed by atoms with Gasteiger partial charge in [0, 0.05) is 34.1 Å². The fraction of sp³-hybridized carbons (Fsp3) is 0.0857. The number of rotatable bonds is 10. The van der Waals surface area contributed by atoms with Crippen LogP contribution in [-0.4, -0.2) is 0 Å². The third-order valence-corrected chi connectivity index (χ3v) is 15.6. The number of aryl methyl sites for hydroxylation is 2. The second-order valence-electron chi connectivity index (χ2n) is 19.7. The Balaban J connectivity index is 1.09. The van der Waals surface area contributed by atoms with E-state index in [2.05, 4.69) is 291 Å². The summed E-state index contributed by atoms with van der Waals surface area (Å²) in [5.41, 5.74) is 23.8. The first-order valence-electron chi connectivity index (χ1n) is 25.4. The minimum Gasteiger partial charge on any atom is -0.311 e. The quantitative estimate of drug-likeness (QED) is 0.135. The standard InChI is InChI=1S/C70H54N2/c1-49-19-17-21-51(45-49)53-33-43-65-67(47-53)69(55-35-39-61(40-36-55)71(57-23-7-3-8-24-57)58-25-9-4-10-26-58)63-31-15-16-32-64(63)70(65,68-48-54(34-44-66(68)69)52-22-18-20-50(2)46-52)56-37-41-62(42-38-56)72(59-27-11-5-12-28-59)60-29-13-6-14-30-60/h3-15,17-31,33-48H,16,32H2,1-2H3. The van der Waals surface area contributed by atoms with Crippen LogP contribution in [0.15, 0.2) is 278 Å². The minimum atomic E-state index is -0.607. The lowest BCUT2D eigenvalue weighted by atomic mass is 9.43. The van der Waals surface area contributed by atoms with Crippen molar-refractivity contribution in [1.29, 1.82) is 0 Å². The normalized spacial score (nSPS) is 17.2. The van der Waals surface area contributed by atoms with Crippen molar-refractivity contribution >= 4 is 34.1 Å². The summed E-state index contributed by atoms with van der Waals surface area (Å²) in [6.07, 6.45) is 6.87. The van der Waals surface area contributed by atoms with E-state index in [-0.39, 0.29) is 0 Å². The van der Waals surface area contributed by atoms with Crippen LogP contribution in [0.3, 0.4) is 0 Å². The van der Waals surface area contributed by atoms with E-state index in [1.807, 2.05) is 0 Å².